The van der Waals surface area contributed by atoms with Crippen molar-refractivity contribution in [2.75, 3.05) is 17.2 Å². The average molecular weight is 467 g/mol. The van der Waals surface area contributed by atoms with Crippen LogP contribution in [0.15, 0.2) is 58.3 Å². The zero-order valence-electron chi connectivity index (χ0n) is 15.7. The Morgan fingerprint density at radius 3 is 1.81 bits per heavy atom. The Bertz CT molecular complexity index is 1290. The van der Waals surface area contributed by atoms with Crippen LogP contribution < -0.4 is 17.2 Å². The normalized spacial score (nSPS) is 11.7. The zero-order valence-corrected chi connectivity index (χ0v) is 17.3. The van der Waals surface area contributed by atoms with Gasteiger partial charge < -0.3 is 17.2 Å². The molecule has 0 radical (unpaired) electrons. The molecule has 2 aromatic carbocycles. The Hall–Kier alpha value is -3.59. The van der Waals surface area contributed by atoms with E-state index >= 15 is 0 Å². The predicted octanol–water partition coefficient (Wildman–Crippen LogP) is 0.969. The highest BCUT2D eigenvalue weighted by atomic mass is 32.2. The Labute approximate surface area is 177 Å². The zero-order chi connectivity index (χ0) is 23.2. The van der Waals surface area contributed by atoms with Gasteiger partial charge in [0.25, 0.3) is 20.2 Å². The topological polar surface area (TPSA) is 225 Å². The van der Waals surface area contributed by atoms with Gasteiger partial charge in [0.05, 0.1) is 0 Å². The molecule has 164 valence electrons. The van der Waals surface area contributed by atoms with Crippen molar-refractivity contribution in [2.24, 2.45) is 0 Å². The molecule has 0 atom stereocenters. The lowest BCUT2D eigenvalue weighted by Crippen LogP contribution is -2.10. The molecule has 0 aliphatic carbocycles. The van der Waals surface area contributed by atoms with Crippen LogP contribution in [0.1, 0.15) is 11.1 Å². The van der Waals surface area contributed by atoms with Crippen LogP contribution in [0.3, 0.4) is 0 Å². The predicted molar refractivity (Wildman–Crippen MR) is 115 cm³/mol. The Kier molecular flexibility index (Phi) is 7.24. The van der Waals surface area contributed by atoms with E-state index in [2.05, 4.69) is 15.4 Å². The summed E-state index contributed by atoms with van der Waals surface area (Å²) in [5.41, 5.74) is 16.6. The van der Waals surface area contributed by atoms with Gasteiger partial charge in [-0.15, -0.1) is 10.2 Å². The Morgan fingerprint density at radius 2 is 1.32 bits per heavy atom. The molecule has 3 rings (SSSR count). The summed E-state index contributed by atoms with van der Waals surface area (Å²) in [5, 5.41) is 9.92. The lowest BCUT2D eigenvalue weighted by molar-refractivity contribution is 0.466. The summed E-state index contributed by atoms with van der Waals surface area (Å²) in [6, 6.07) is 12.4. The van der Waals surface area contributed by atoms with Crippen molar-refractivity contribution in [3.63, 3.8) is 0 Å². The standard InChI is InChI=1S/C14H12O6S2.C3H6N6/c15-21(16,17)13-8-4-7-12(14(13)22(18,19)20)10-9-11-5-2-1-3-6-11;4-1-2(5)7-9-8-3(1)6/h1-10H,(H,15,16,17)(H,18,19,20);(H2,4,9)(H4,5,6,7,8). The minimum atomic E-state index is -4.84. The molecule has 1 heterocycles. The van der Waals surface area contributed by atoms with Crippen molar-refractivity contribution >= 4 is 49.7 Å². The third-order valence-corrected chi connectivity index (χ3v) is 5.65. The minimum absolute atomic E-state index is 0.0542. The van der Waals surface area contributed by atoms with E-state index in [4.69, 9.17) is 21.8 Å². The first kappa shape index (κ1) is 23.7. The fourth-order valence-electron chi connectivity index (χ4n) is 2.25. The van der Waals surface area contributed by atoms with Crippen molar-refractivity contribution in [1.82, 2.24) is 15.4 Å². The number of nitrogens with zero attached hydrogens (tertiary/aromatic N) is 3. The van der Waals surface area contributed by atoms with E-state index in [9.17, 15) is 21.4 Å². The fourth-order valence-corrected chi connectivity index (χ4v) is 4.24. The van der Waals surface area contributed by atoms with Gasteiger partial charge in [0.1, 0.15) is 15.5 Å². The van der Waals surface area contributed by atoms with Crippen LogP contribution in [0, 0.1) is 0 Å². The summed E-state index contributed by atoms with van der Waals surface area (Å²) in [6.07, 6.45) is 2.89. The molecule has 0 saturated heterocycles. The number of hydrogen-bond donors (Lipinski definition) is 5. The van der Waals surface area contributed by atoms with E-state index in [1.54, 1.807) is 36.4 Å². The number of aromatic nitrogens is 3. The van der Waals surface area contributed by atoms with E-state index in [-0.39, 0.29) is 22.9 Å². The van der Waals surface area contributed by atoms with Crippen molar-refractivity contribution < 1.29 is 25.9 Å². The van der Waals surface area contributed by atoms with Gasteiger partial charge >= 0.3 is 0 Å². The molecule has 14 heteroatoms. The van der Waals surface area contributed by atoms with Crippen molar-refractivity contribution in [2.45, 2.75) is 9.79 Å². The number of benzene rings is 2. The molecule has 0 spiro atoms. The maximum Gasteiger partial charge on any atom is 0.296 e. The molecule has 12 nitrogen and oxygen atoms in total. The lowest BCUT2D eigenvalue weighted by Gasteiger charge is -2.07. The second-order valence-electron chi connectivity index (χ2n) is 5.84. The average Bonchev–Trinajstić information content (AvgIpc) is 2.70. The van der Waals surface area contributed by atoms with E-state index in [0.717, 1.165) is 11.6 Å². The van der Waals surface area contributed by atoms with Crippen LogP contribution in [0.5, 0.6) is 0 Å². The molecule has 3 aromatic rings. The van der Waals surface area contributed by atoms with Crippen LogP contribution in [-0.2, 0) is 20.2 Å². The molecule has 0 amide bonds. The molecule has 0 bridgehead atoms. The van der Waals surface area contributed by atoms with Gasteiger partial charge in [-0.2, -0.15) is 16.8 Å². The molecule has 0 unspecified atom stereocenters. The molecule has 31 heavy (non-hydrogen) atoms. The number of nitrogens with two attached hydrogens (primary N) is 3. The molecule has 8 N–H and O–H groups in total. The Balaban J connectivity index is 0.000000316. The monoisotopic (exact) mass is 466 g/mol. The van der Waals surface area contributed by atoms with Crippen LogP contribution in [0.25, 0.3) is 12.2 Å². The molecular weight excluding hydrogens is 448 g/mol. The first-order valence-electron chi connectivity index (χ1n) is 8.22. The van der Waals surface area contributed by atoms with Crippen molar-refractivity contribution in [1.29, 1.82) is 0 Å². The second-order valence-corrected chi connectivity index (χ2v) is 8.59. The smallest absolute Gasteiger partial charge is 0.296 e. The quantitative estimate of drug-likeness (QED) is 0.268. The van der Waals surface area contributed by atoms with Crippen LogP contribution in [0.2, 0.25) is 0 Å². The van der Waals surface area contributed by atoms with Crippen molar-refractivity contribution in [3.8, 4) is 0 Å². The summed E-state index contributed by atoms with van der Waals surface area (Å²) in [6.45, 7) is 0. The van der Waals surface area contributed by atoms with Crippen LogP contribution >= 0.6 is 0 Å². The number of nitrogen functional groups attached to an aromatic ring is 3. The van der Waals surface area contributed by atoms with Crippen molar-refractivity contribution in [3.05, 3.63) is 59.7 Å². The van der Waals surface area contributed by atoms with Gasteiger partial charge in [0.15, 0.2) is 11.6 Å². The van der Waals surface area contributed by atoms with Gasteiger partial charge in [0.2, 0.25) is 0 Å². The van der Waals surface area contributed by atoms with Gasteiger partial charge in [-0.1, -0.05) is 54.6 Å². The maximum absolute atomic E-state index is 11.5. The van der Waals surface area contributed by atoms with Gasteiger partial charge in [-0.05, 0) is 22.4 Å². The number of hydrogen-bond acceptors (Lipinski definition) is 10. The first-order valence-corrected chi connectivity index (χ1v) is 11.1. The maximum atomic E-state index is 11.5. The molecule has 0 aliphatic rings. The largest absolute Gasteiger partial charge is 0.393 e. The summed E-state index contributed by atoms with van der Waals surface area (Å²) >= 11 is 0. The highest BCUT2D eigenvalue weighted by Gasteiger charge is 2.26. The van der Waals surface area contributed by atoms with Gasteiger partial charge in [0, 0.05) is 0 Å². The molecule has 0 fully saturated rings. The summed E-state index contributed by atoms with van der Waals surface area (Å²) in [5.74, 6) is 0.227. The van der Waals surface area contributed by atoms with E-state index < -0.39 is 30.0 Å². The molecule has 0 saturated carbocycles. The van der Waals surface area contributed by atoms with Gasteiger partial charge in [-0.3, -0.25) is 9.11 Å². The fraction of sp³-hybridized carbons (Fsp3) is 0. The third kappa shape index (κ3) is 6.45. The summed E-state index contributed by atoms with van der Waals surface area (Å²) in [7, 11) is -9.64. The third-order valence-electron chi connectivity index (χ3n) is 3.66. The second kappa shape index (κ2) is 9.48. The summed E-state index contributed by atoms with van der Waals surface area (Å²) < 4.78 is 63.9. The van der Waals surface area contributed by atoms with Crippen LogP contribution in [0.4, 0.5) is 17.3 Å². The first-order chi connectivity index (χ1) is 14.4. The van der Waals surface area contributed by atoms with E-state index in [1.807, 2.05) is 0 Å². The highest BCUT2D eigenvalue weighted by Crippen LogP contribution is 2.26. The number of rotatable bonds is 4. The Morgan fingerprint density at radius 1 is 0.742 bits per heavy atom. The molecular formula is C17H18N6O6S2. The lowest BCUT2D eigenvalue weighted by atomic mass is 10.1. The highest BCUT2D eigenvalue weighted by molar-refractivity contribution is 7.89. The minimum Gasteiger partial charge on any atom is -0.393 e. The summed E-state index contributed by atoms with van der Waals surface area (Å²) in [4.78, 5) is -1.73. The van der Waals surface area contributed by atoms with E-state index in [1.165, 1.54) is 18.2 Å². The van der Waals surface area contributed by atoms with Gasteiger partial charge in [-0.25, -0.2) is 0 Å². The van der Waals surface area contributed by atoms with Crippen LogP contribution in [-0.4, -0.2) is 41.4 Å². The SMILES string of the molecule is Nc1nnnc(N)c1N.O=S(=O)(O)c1cccc(C=Cc2ccccc2)c1S(=O)(=O)O. The van der Waals surface area contributed by atoms with E-state index in [0.29, 0.717) is 0 Å². The molecule has 0 aliphatic heterocycles. The number of anilines is 3. The molecule has 1 aromatic heterocycles.